The molecule has 1 aromatic carbocycles. The lowest BCUT2D eigenvalue weighted by Gasteiger charge is -2.14. The number of halogens is 1. The quantitative estimate of drug-likeness (QED) is 0.827. The Labute approximate surface area is 152 Å². The number of hydrogen-bond acceptors (Lipinski definition) is 2. The molecule has 0 saturated carbocycles. The average Bonchev–Trinajstić information content (AvgIpc) is 3.24. The van der Waals surface area contributed by atoms with E-state index in [1.165, 1.54) is 5.69 Å². The van der Waals surface area contributed by atoms with Gasteiger partial charge in [-0.2, -0.15) is 0 Å². The first-order chi connectivity index (χ1) is 12.0. The van der Waals surface area contributed by atoms with Gasteiger partial charge in [0, 0.05) is 40.7 Å². The second-order valence-electron chi connectivity index (χ2n) is 6.77. The van der Waals surface area contributed by atoms with Crippen molar-refractivity contribution in [3.63, 3.8) is 0 Å². The van der Waals surface area contributed by atoms with Crippen LogP contribution < -0.4 is 5.32 Å². The van der Waals surface area contributed by atoms with Crippen LogP contribution in [0.4, 0.5) is 5.69 Å². The van der Waals surface area contributed by atoms with E-state index in [-0.39, 0.29) is 5.91 Å². The fourth-order valence-corrected chi connectivity index (χ4v) is 3.88. The minimum Gasteiger partial charge on any atom is -0.376 e. The summed E-state index contributed by atoms with van der Waals surface area (Å²) in [5, 5.41) is 3.51. The van der Waals surface area contributed by atoms with Crippen LogP contribution in [0.5, 0.6) is 0 Å². The summed E-state index contributed by atoms with van der Waals surface area (Å²) in [6.45, 7) is 5.94. The summed E-state index contributed by atoms with van der Waals surface area (Å²) < 4.78 is 8.06. The molecule has 2 aliphatic heterocycles. The fraction of sp³-hybridized carbons (Fsp3) is 0.350. The third-order valence-corrected chi connectivity index (χ3v) is 5.32. The Morgan fingerprint density at radius 2 is 2.20 bits per heavy atom. The van der Waals surface area contributed by atoms with Crippen LogP contribution >= 0.6 is 11.6 Å². The Hall–Kier alpha value is -2.04. The van der Waals surface area contributed by atoms with E-state index in [0.29, 0.717) is 16.7 Å². The summed E-state index contributed by atoms with van der Waals surface area (Å²) in [7, 11) is 0. The molecule has 1 amide bonds. The second kappa shape index (κ2) is 6.36. The predicted molar refractivity (Wildman–Crippen MR) is 101 cm³/mol. The number of amides is 1. The van der Waals surface area contributed by atoms with Gasteiger partial charge in [-0.05, 0) is 56.5 Å². The van der Waals surface area contributed by atoms with Gasteiger partial charge < -0.3 is 14.6 Å². The molecule has 1 saturated heterocycles. The van der Waals surface area contributed by atoms with Crippen molar-refractivity contribution in [1.82, 2.24) is 4.57 Å². The largest absolute Gasteiger partial charge is 0.376 e. The van der Waals surface area contributed by atoms with Crippen LogP contribution in [0.1, 0.15) is 35.4 Å². The number of rotatable bonds is 3. The molecule has 2 aliphatic rings. The summed E-state index contributed by atoms with van der Waals surface area (Å²) in [6, 6.07) is 7.64. The van der Waals surface area contributed by atoms with Crippen LogP contribution in [0, 0.1) is 13.8 Å². The Morgan fingerprint density at radius 3 is 2.96 bits per heavy atom. The molecule has 5 heteroatoms. The van der Waals surface area contributed by atoms with Gasteiger partial charge in [-0.1, -0.05) is 17.7 Å². The molecule has 1 N–H and O–H groups in total. The molecule has 25 heavy (non-hydrogen) atoms. The van der Waals surface area contributed by atoms with Crippen LogP contribution in [0.15, 0.2) is 24.3 Å². The van der Waals surface area contributed by atoms with E-state index < -0.39 is 0 Å². The van der Waals surface area contributed by atoms with Crippen LogP contribution in [-0.4, -0.2) is 23.2 Å². The Balaban J connectivity index is 1.69. The number of anilines is 1. The molecule has 1 aromatic heterocycles. The number of carbonyl (C=O) groups excluding carboxylic acids is 1. The SMILES string of the molecule is Cc1cc(/C=C2/C(=O)Nc3cc(Cl)ccc32)c(C)n1CC1CCCO1. The van der Waals surface area contributed by atoms with Gasteiger partial charge in [0.2, 0.25) is 0 Å². The summed E-state index contributed by atoms with van der Waals surface area (Å²) in [6.07, 6.45) is 4.52. The van der Waals surface area contributed by atoms with E-state index in [4.69, 9.17) is 16.3 Å². The van der Waals surface area contributed by atoms with Gasteiger partial charge in [-0.3, -0.25) is 4.79 Å². The Bertz CT molecular complexity index is 876. The molecule has 130 valence electrons. The highest BCUT2D eigenvalue weighted by atomic mass is 35.5. The lowest BCUT2D eigenvalue weighted by Crippen LogP contribution is -2.16. The zero-order valence-corrected chi connectivity index (χ0v) is 15.2. The molecule has 1 unspecified atom stereocenters. The molecule has 4 rings (SSSR count). The molecule has 0 radical (unpaired) electrons. The molecule has 2 aromatic rings. The van der Waals surface area contributed by atoms with Crippen molar-refractivity contribution in [2.75, 3.05) is 11.9 Å². The molecular formula is C20H21ClN2O2. The van der Waals surface area contributed by atoms with E-state index >= 15 is 0 Å². The highest BCUT2D eigenvalue weighted by molar-refractivity contribution is 6.36. The lowest BCUT2D eigenvalue weighted by molar-refractivity contribution is -0.110. The minimum absolute atomic E-state index is 0.0822. The first-order valence-corrected chi connectivity index (χ1v) is 9.02. The van der Waals surface area contributed by atoms with Crippen LogP contribution in [0.3, 0.4) is 0 Å². The van der Waals surface area contributed by atoms with Gasteiger partial charge >= 0.3 is 0 Å². The number of carbonyl (C=O) groups is 1. The highest BCUT2D eigenvalue weighted by Gasteiger charge is 2.25. The molecule has 1 fully saturated rings. The molecule has 3 heterocycles. The number of fused-ring (bicyclic) bond motifs is 1. The third-order valence-electron chi connectivity index (χ3n) is 5.09. The zero-order valence-electron chi connectivity index (χ0n) is 14.4. The summed E-state index contributed by atoms with van der Waals surface area (Å²) in [5.41, 5.74) is 5.79. The highest BCUT2D eigenvalue weighted by Crippen LogP contribution is 2.35. The summed E-state index contributed by atoms with van der Waals surface area (Å²) >= 11 is 6.02. The topological polar surface area (TPSA) is 43.3 Å². The Morgan fingerprint density at radius 1 is 1.36 bits per heavy atom. The summed E-state index contributed by atoms with van der Waals surface area (Å²) in [4.78, 5) is 12.4. The number of hydrogen-bond donors (Lipinski definition) is 1. The van der Waals surface area contributed by atoms with Crippen molar-refractivity contribution in [3.8, 4) is 0 Å². The number of nitrogens with zero attached hydrogens (tertiary/aromatic N) is 1. The van der Waals surface area contributed by atoms with E-state index in [2.05, 4.69) is 29.8 Å². The van der Waals surface area contributed by atoms with Gasteiger partial charge in [-0.25, -0.2) is 0 Å². The molecule has 0 spiro atoms. The lowest BCUT2D eigenvalue weighted by atomic mass is 10.0. The van der Waals surface area contributed by atoms with Crippen molar-refractivity contribution in [1.29, 1.82) is 0 Å². The van der Waals surface area contributed by atoms with E-state index in [1.807, 2.05) is 18.2 Å². The molecule has 4 nitrogen and oxygen atoms in total. The van der Waals surface area contributed by atoms with E-state index in [9.17, 15) is 4.79 Å². The van der Waals surface area contributed by atoms with Gasteiger partial charge in [0.15, 0.2) is 0 Å². The maximum Gasteiger partial charge on any atom is 0.256 e. The van der Waals surface area contributed by atoms with Crippen LogP contribution in [-0.2, 0) is 16.1 Å². The molecular weight excluding hydrogens is 336 g/mol. The first-order valence-electron chi connectivity index (χ1n) is 8.64. The zero-order chi connectivity index (χ0) is 17.6. The van der Waals surface area contributed by atoms with Crippen molar-refractivity contribution in [2.45, 2.75) is 39.3 Å². The van der Waals surface area contributed by atoms with Crippen molar-refractivity contribution in [3.05, 3.63) is 51.8 Å². The van der Waals surface area contributed by atoms with Gasteiger partial charge in [0.25, 0.3) is 5.91 Å². The monoisotopic (exact) mass is 356 g/mol. The molecule has 1 atom stereocenters. The average molecular weight is 357 g/mol. The van der Waals surface area contributed by atoms with Gasteiger partial charge in [0.05, 0.1) is 11.8 Å². The Kier molecular flexibility index (Phi) is 4.18. The number of ether oxygens (including phenoxy) is 1. The van der Waals surface area contributed by atoms with Crippen molar-refractivity contribution >= 4 is 34.8 Å². The molecule has 0 bridgehead atoms. The van der Waals surface area contributed by atoms with Gasteiger partial charge in [-0.15, -0.1) is 0 Å². The van der Waals surface area contributed by atoms with Crippen LogP contribution in [0.2, 0.25) is 5.02 Å². The van der Waals surface area contributed by atoms with Crippen molar-refractivity contribution in [2.24, 2.45) is 0 Å². The summed E-state index contributed by atoms with van der Waals surface area (Å²) in [5.74, 6) is -0.0822. The number of aromatic nitrogens is 1. The smallest absolute Gasteiger partial charge is 0.256 e. The van der Waals surface area contributed by atoms with Crippen molar-refractivity contribution < 1.29 is 9.53 Å². The fourth-order valence-electron chi connectivity index (χ4n) is 3.71. The standard InChI is InChI=1S/C20H21ClN2O2/c1-12-8-14(13(2)23(12)11-16-4-3-7-25-16)9-18-17-6-5-15(21)10-19(17)22-20(18)24/h5-6,8-10,16H,3-4,7,11H2,1-2H3,(H,22,24)/b18-9+. The number of benzene rings is 1. The molecule has 0 aliphatic carbocycles. The normalized spacial score (nSPS) is 21.0. The van der Waals surface area contributed by atoms with Gasteiger partial charge in [0.1, 0.15) is 0 Å². The maximum atomic E-state index is 12.4. The number of nitrogens with one attached hydrogen (secondary N) is 1. The minimum atomic E-state index is -0.0822. The maximum absolute atomic E-state index is 12.4. The first kappa shape index (κ1) is 16.4. The third kappa shape index (κ3) is 3.00. The second-order valence-corrected chi connectivity index (χ2v) is 7.21. The van der Waals surface area contributed by atoms with E-state index in [0.717, 1.165) is 48.5 Å². The van der Waals surface area contributed by atoms with Crippen LogP contribution in [0.25, 0.3) is 11.6 Å². The number of aryl methyl sites for hydroxylation is 1. The predicted octanol–water partition coefficient (Wildman–Crippen LogP) is 4.43. The van der Waals surface area contributed by atoms with E-state index in [1.54, 1.807) is 6.07 Å².